The van der Waals surface area contributed by atoms with Crippen LogP contribution in [0.15, 0.2) is 24.3 Å². The number of nitrogens with zero attached hydrogens (tertiary/aromatic N) is 1. The summed E-state index contributed by atoms with van der Waals surface area (Å²) in [6.45, 7) is 8.22. The summed E-state index contributed by atoms with van der Waals surface area (Å²) in [5, 5.41) is 0.689. The van der Waals surface area contributed by atoms with E-state index in [-0.39, 0.29) is 11.6 Å². The van der Waals surface area contributed by atoms with E-state index in [1.807, 2.05) is 25.1 Å². The minimum Gasteiger partial charge on any atom is -0.454 e. The first kappa shape index (κ1) is 19.5. The zero-order valence-corrected chi connectivity index (χ0v) is 16.6. The van der Waals surface area contributed by atoms with Crippen LogP contribution < -0.4 is 0 Å². The highest BCUT2D eigenvalue weighted by molar-refractivity contribution is 6.06. The number of aromatic amines is 1. The molecule has 1 aromatic carbocycles. The van der Waals surface area contributed by atoms with Crippen molar-refractivity contribution < 1.29 is 19.1 Å². The van der Waals surface area contributed by atoms with E-state index in [0.717, 1.165) is 5.56 Å². The molecule has 0 saturated carbocycles. The van der Waals surface area contributed by atoms with Crippen LogP contribution in [-0.2, 0) is 4.74 Å². The molecule has 0 unspecified atom stereocenters. The Kier molecular flexibility index (Phi) is 5.14. The molecule has 0 spiro atoms. The van der Waals surface area contributed by atoms with Gasteiger partial charge in [0.2, 0.25) is 5.78 Å². The Balaban J connectivity index is 1.84. The number of pyridine rings is 1. The van der Waals surface area contributed by atoms with Crippen molar-refractivity contribution in [1.82, 2.24) is 9.97 Å². The quantitative estimate of drug-likeness (QED) is 0.535. The fourth-order valence-electron chi connectivity index (χ4n) is 3.48. The number of H-pyrrole nitrogens is 1. The molecule has 0 aliphatic carbocycles. The highest BCUT2D eigenvalue weighted by Crippen LogP contribution is 2.22. The molecule has 1 N–H and O–H groups in total. The van der Waals surface area contributed by atoms with E-state index in [9.17, 15) is 14.4 Å². The van der Waals surface area contributed by atoms with Gasteiger partial charge in [-0.05, 0) is 58.4 Å². The summed E-state index contributed by atoms with van der Waals surface area (Å²) in [5.74, 6) is -1.08. The van der Waals surface area contributed by atoms with Crippen LogP contribution in [0.5, 0.6) is 0 Å². The smallest absolute Gasteiger partial charge is 0.339 e. The molecule has 3 rings (SSSR count). The topological polar surface area (TPSA) is 89.1 Å². The van der Waals surface area contributed by atoms with Crippen molar-refractivity contribution in [3.63, 3.8) is 0 Å². The largest absolute Gasteiger partial charge is 0.454 e. The minimum absolute atomic E-state index is 0.114. The summed E-state index contributed by atoms with van der Waals surface area (Å²) in [4.78, 5) is 44.3. The van der Waals surface area contributed by atoms with Gasteiger partial charge in [0.05, 0.1) is 16.8 Å². The highest BCUT2D eigenvalue weighted by atomic mass is 16.5. The molecule has 144 valence electrons. The molecular formula is C22H22N2O4. The molecular weight excluding hydrogens is 356 g/mol. The Labute approximate surface area is 162 Å². The van der Waals surface area contributed by atoms with Crippen LogP contribution in [0.3, 0.4) is 0 Å². The lowest BCUT2D eigenvalue weighted by Gasteiger charge is -2.09. The summed E-state index contributed by atoms with van der Waals surface area (Å²) in [6, 6.07) is 7.31. The number of carbonyl (C=O) groups excluding carboxylic acids is 3. The van der Waals surface area contributed by atoms with Crippen LogP contribution in [0.2, 0.25) is 0 Å². The van der Waals surface area contributed by atoms with E-state index in [4.69, 9.17) is 4.74 Å². The van der Waals surface area contributed by atoms with Crippen LogP contribution in [0.4, 0.5) is 0 Å². The minimum atomic E-state index is -0.581. The van der Waals surface area contributed by atoms with E-state index in [1.54, 1.807) is 26.8 Å². The van der Waals surface area contributed by atoms with Crippen molar-refractivity contribution in [3.8, 4) is 0 Å². The third kappa shape index (κ3) is 3.58. The first-order valence-electron chi connectivity index (χ1n) is 8.97. The number of Topliss-reactive ketones (excluding diaryl/α,β-unsaturated/α-hetero) is 2. The van der Waals surface area contributed by atoms with Gasteiger partial charge in [0.15, 0.2) is 12.4 Å². The molecule has 0 bridgehead atoms. The SMILES string of the molecule is CC(=O)c1c(C)[nH]c(C(=O)COC(=O)c2cc(C)nc3ccc(C)cc23)c1C. The second kappa shape index (κ2) is 7.38. The van der Waals surface area contributed by atoms with Gasteiger partial charge >= 0.3 is 5.97 Å². The van der Waals surface area contributed by atoms with E-state index >= 15 is 0 Å². The number of carbonyl (C=O) groups is 3. The molecule has 0 aliphatic rings. The molecule has 6 heteroatoms. The van der Waals surface area contributed by atoms with E-state index < -0.39 is 12.6 Å². The first-order chi connectivity index (χ1) is 13.2. The fraction of sp³-hybridized carbons (Fsp3) is 0.273. The first-order valence-corrected chi connectivity index (χ1v) is 8.97. The van der Waals surface area contributed by atoms with Gasteiger partial charge in [-0.1, -0.05) is 11.6 Å². The van der Waals surface area contributed by atoms with Gasteiger partial charge in [0, 0.05) is 22.3 Å². The molecule has 6 nitrogen and oxygen atoms in total. The number of hydrogen-bond acceptors (Lipinski definition) is 5. The Morgan fingerprint density at radius 1 is 1.07 bits per heavy atom. The summed E-state index contributed by atoms with van der Waals surface area (Å²) >= 11 is 0. The van der Waals surface area contributed by atoms with Crippen molar-refractivity contribution in [1.29, 1.82) is 0 Å². The highest BCUT2D eigenvalue weighted by Gasteiger charge is 2.21. The number of rotatable bonds is 5. The summed E-state index contributed by atoms with van der Waals surface area (Å²) in [6.07, 6.45) is 0. The Morgan fingerprint density at radius 3 is 2.43 bits per heavy atom. The number of aryl methyl sites for hydroxylation is 3. The number of fused-ring (bicyclic) bond motifs is 1. The molecule has 3 aromatic rings. The molecule has 0 amide bonds. The average molecular weight is 378 g/mol. The van der Waals surface area contributed by atoms with Crippen molar-refractivity contribution in [2.24, 2.45) is 0 Å². The Hall–Kier alpha value is -3.28. The standard InChI is InChI=1S/C22H22N2O4/c1-11-6-7-18-16(8-11)17(9-12(2)23-18)22(27)28-10-19(26)21-13(3)20(15(5)25)14(4)24-21/h6-9,24H,10H2,1-5H3. The Morgan fingerprint density at radius 2 is 1.79 bits per heavy atom. The molecule has 2 heterocycles. The van der Waals surface area contributed by atoms with Crippen LogP contribution >= 0.6 is 0 Å². The van der Waals surface area contributed by atoms with E-state index in [2.05, 4.69) is 9.97 Å². The van der Waals surface area contributed by atoms with Crippen molar-refractivity contribution in [3.05, 3.63) is 63.6 Å². The van der Waals surface area contributed by atoms with Gasteiger partial charge in [0.25, 0.3) is 0 Å². The maximum atomic E-state index is 12.7. The number of benzene rings is 1. The van der Waals surface area contributed by atoms with Crippen LogP contribution in [0.1, 0.15) is 60.6 Å². The maximum Gasteiger partial charge on any atom is 0.339 e. The van der Waals surface area contributed by atoms with Gasteiger partial charge in [-0.3, -0.25) is 14.6 Å². The van der Waals surface area contributed by atoms with Crippen LogP contribution in [0.25, 0.3) is 10.9 Å². The molecule has 0 atom stereocenters. The van der Waals surface area contributed by atoms with Crippen molar-refractivity contribution in [2.75, 3.05) is 6.61 Å². The Bertz CT molecular complexity index is 1130. The maximum absolute atomic E-state index is 12.7. The zero-order valence-electron chi connectivity index (χ0n) is 16.6. The zero-order chi connectivity index (χ0) is 20.6. The predicted molar refractivity (Wildman–Crippen MR) is 106 cm³/mol. The monoisotopic (exact) mass is 378 g/mol. The molecule has 2 aromatic heterocycles. The lowest BCUT2D eigenvalue weighted by atomic mass is 10.1. The van der Waals surface area contributed by atoms with Gasteiger partial charge < -0.3 is 9.72 Å². The third-order valence-corrected chi connectivity index (χ3v) is 4.71. The second-order valence-electron chi connectivity index (χ2n) is 7.01. The number of nitrogens with one attached hydrogen (secondary N) is 1. The number of hydrogen-bond donors (Lipinski definition) is 1. The van der Waals surface area contributed by atoms with E-state index in [1.165, 1.54) is 6.92 Å². The number of esters is 1. The average Bonchev–Trinajstić information content (AvgIpc) is 2.93. The van der Waals surface area contributed by atoms with Gasteiger partial charge in [0.1, 0.15) is 0 Å². The normalized spacial score (nSPS) is 10.9. The molecule has 0 saturated heterocycles. The predicted octanol–water partition coefficient (Wildman–Crippen LogP) is 4.04. The van der Waals surface area contributed by atoms with Gasteiger partial charge in [-0.15, -0.1) is 0 Å². The van der Waals surface area contributed by atoms with Gasteiger partial charge in [-0.25, -0.2) is 4.79 Å². The third-order valence-electron chi connectivity index (χ3n) is 4.71. The fourth-order valence-corrected chi connectivity index (χ4v) is 3.48. The van der Waals surface area contributed by atoms with E-state index in [0.29, 0.717) is 44.7 Å². The summed E-state index contributed by atoms with van der Waals surface area (Å²) in [7, 11) is 0. The van der Waals surface area contributed by atoms with Crippen molar-refractivity contribution >= 4 is 28.4 Å². The van der Waals surface area contributed by atoms with Crippen molar-refractivity contribution in [2.45, 2.75) is 34.6 Å². The summed E-state index contributed by atoms with van der Waals surface area (Å²) in [5.41, 5.74) is 4.77. The van der Waals surface area contributed by atoms with Crippen LogP contribution in [-0.4, -0.2) is 34.1 Å². The van der Waals surface area contributed by atoms with Gasteiger partial charge in [-0.2, -0.15) is 0 Å². The molecule has 0 fully saturated rings. The lowest BCUT2D eigenvalue weighted by molar-refractivity contribution is 0.0475. The van der Waals surface area contributed by atoms with Crippen LogP contribution in [0, 0.1) is 27.7 Å². The number of ether oxygens (including phenoxy) is 1. The number of aromatic nitrogens is 2. The molecule has 0 radical (unpaired) electrons. The molecule has 28 heavy (non-hydrogen) atoms. The molecule has 0 aliphatic heterocycles. The summed E-state index contributed by atoms with van der Waals surface area (Å²) < 4.78 is 5.29. The lowest BCUT2D eigenvalue weighted by Crippen LogP contribution is -2.16. The second-order valence-corrected chi connectivity index (χ2v) is 7.01. The number of ketones is 2.